The van der Waals surface area contributed by atoms with Gasteiger partial charge < -0.3 is 30.5 Å². The van der Waals surface area contributed by atoms with Gasteiger partial charge in [0.25, 0.3) is 0 Å². The Morgan fingerprint density at radius 2 is 1.94 bits per heavy atom. The molecule has 1 aromatic carbocycles. The molecule has 10 heteroatoms. The van der Waals surface area contributed by atoms with Gasteiger partial charge in [0.15, 0.2) is 0 Å². The zero-order valence-electron chi connectivity index (χ0n) is 19.8. The van der Waals surface area contributed by atoms with Gasteiger partial charge in [0.1, 0.15) is 30.0 Å². The van der Waals surface area contributed by atoms with Crippen LogP contribution in [0.4, 0.5) is 4.79 Å². The first-order chi connectivity index (χ1) is 15.4. The third-order valence-corrected chi connectivity index (χ3v) is 4.62. The lowest BCUT2D eigenvalue weighted by Gasteiger charge is -2.32. The summed E-state index contributed by atoms with van der Waals surface area (Å²) in [6.45, 7) is 7.68. The summed E-state index contributed by atoms with van der Waals surface area (Å²) in [5, 5.41) is 34.1. The number of unbranched alkanes of at least 4 members (excludes halogenated alkanes) is 1. The van der Waals surface area contributed by atoms with E-state index in [1.165, 1.54) is 12.1 Å². The number of benzene rings is 1. The SMILES string of the molecule is CCCCNC(=O)C(c1ccc(O)c(C)c1)N(CC#N)C(=O)C(CO)NC(=O)OC(C)(C)C. The second-order valence-electron chi connectivity index (χ2n) is 8.60. The molecule has 2 atom stereocenters. The van der Waals surface area contributed by atoms with E-state index in [1.54, 1.807) is 33.8 Å². The second-order valence-corrected chi connectivity index (χ2v) is 8.60. The topological polar surface area (TPSA) is 152 Å². The van der Waals surface area contributed by atoms with Crippen LogP contribution in [0.2, 0.25) is 0 Å². The number of hydrogen-bond donors (Lipinski definition) is 4. The van der Waals surface area contributed by atoms with Crippen LogP contribution in [-0.2, 0) is 14.3 Å². The largest absolute Gasteiger partial charge is 0.508 e. The smallest absolute Gasteiger partial charge is 0.408 e. The molecule has 0 heterocycles. The Morgan fingerprint density at radius 1 is 1.27 bits per heavy atom. The van der Waals surface area contributed by atoms with Crippen LogP contribution < -0.4 is 10.6 Å². The number of amides is 3. The van der Waals surface area contributed by atoms with Gasteiger partial charge in [-0.05, 0) is 57.4 Å². The number of phenols is 1. The Morgan fingerprint density at radius 3 is 2.45 bits per heavy atom. The predicted octanol–water partition coefficient (Wildman–Crippen LogP) is 1.90. The average Bonchev–Trinajstić information content (AvgIpc) is 2.72. The van der Waals surface area contributed by atoms with Crippen LogP contribution in [-0.4, -0.2) is 64.4 Å². The number of carbonyl (C=O) groups is 3. The fourth-order valence-corrected chi connectivity index (χ4v) is 3.01. The summed E-state index contributed by atoms with van der Waals surface area (Å²) in [4.78, 5) is 39.5. The number of aliphatic hydroxyl groups is 1. The van der Waals surface area contributed by atoms with Gasteiger partial charge in [-0.2, -0.15) is 5.26 Å². The Kier molecular flexibility index (Phi) is 10.6. The zero-order chi connectivity index (χ0) is 25.2. The van der Waals surface area contributed by atoms with Crippen molar-refractivity contribution in [3.05, 3.63) is 29.3 Å². The molecule has 0 aliphatic carbocycles. The Hall–Kier alpha value is -3.32. The maximum atomic E-state index is 13.3. The highest BCUT2D eigenvalue weighted by Gasteiger charge is 2.36. The molecule has 182 valence electrons. The number of nitrogens with one attached hydrogen (secondary N) is 2. The predicted molar refractivity (Wildman–Crippen MR) is 121 cm³/mol. The molecule has 33 heavy (non-hydrogen) atoms. The van der Waals surface area contributed by atoms with Crippen LogP contribution in [0.1, 0.15) is 57.7 Å². The number of nitrogens with zero attached hydrogens (tertiary/aromatic N) is 2. The van der Waals surface area contributed by atoms with Crippen molar-refractivity contribution in [2.45, 2.75) is 65.1 Å². The van der Waals surface area contributed by atoms with Crippen molar-refractivity contribution >= 4 is 17.9 Å². The zero-order valence-corrected chi connectivity index (χ0v) is 19.8. The summed E-state index contributed by atoms with van der Waals surface area (Å²) < 4.78 is 5.14. The normalized spacial score (nSPS) is 12.8. The van der Waals surface area contributed by atoms with Gasteiger partial charge in [-0.1, -0.05) is 19.4 Å². The summed E-state index contributed by atoms with van der Waals surface area (Å²) in [7, 11) is 0. The van der Waals surface area contributed by atoms with Gasteiger partial charge in [-0.3, -0.25) is 9.59 Å². The van der Waals surface area contributed by atoms with Crippen molar-refractivity contribution in [3.63, 3.8) is 0 Å². The van der Waals surface area contributed by atoms with E-state index in [0.717, 1.165) is 17.7 Å². The minimum absolute atomic E-state index is 0.0156. The first-order valence-electron chi connectivity index (χ1n) is 10.8. The summed E-state index contributed by atoms with van der Waals surface area (Å²) in [5.74, 6) is -1.33. The molecular weight excluding hydrogens is 428 g/mol. The number of carbonyl (C=O) groups excluding carboxylic acids is 3. The minimum Gasteiger partial charge on any atom is -0.508 e. The Bertz CT molecular complexity index is 875. The summed E-state index contributed by atoms with van der Waals surface area (Å²) in [5.41, 5.74) is 0.0238. The van der Waals surface area contributed by atoms with E-state index in [9.17, 15) is 29.9 Å². The molecule has 0 fully saturated rings. The number of aryl methyl sites for hydroxylation is 1. The molecule has 0 saturated heterocycles. The molecule has 3 amide bonds. The third kappa shape index (κ3) is 8.61. The van der Waals surface area contributed by atoms with Crippen LogP contribution >= 0.6 is 0 Å². The van der Waals surface area contributed by atoms with Crippen molar-refractivity contribution in [2.75, 3.05) is 19.7 Å². The van der Waals surface area contributed by atoms with Crippen LogP contribution in [0.25, 0.3) is 0 Å². The number of phenolic OH excluding ortho intramolecular Hbond substituents is 1. The number of aliphatic hydroxyl groups excluding tert-OH is 1. The van der Waals surface area contributed by atoms with E-state index in [2.05, 4.69) is 10.6 Å². The number of aromatic hydroxyl groups is 1. The van der Waals surface area contributed by atoms with E-state index in [0.29, 0.717) is 17.7 Å². The third-order valence-electron chi connectivity index (χ3n) is 4.62. The highest BCUT2D eigenvalue weighted by molar-refractivity contribution is 5.92. The maximum Gasteiger partial charge on any atom is 0.408 e. The maximum absolute atomic E-state index is 13.3. The summed E-state index contributed by atoms with van der Waals surface area (Å²) in [6, 6.07) is 3.65. The van der Waals surface area contributed by atoms with Gasteiger partial charge in [-0.15, -0.1) is 0 Å². The van der Waals surface area contributed by atoms with Gasteiger partial charge in [0, 0.05) is 6.54 Å². The molecule has 0 aromatic heterocycles. The summed E-state index contributed by atoms with van der Waals surface area (Å²) >= 11 is 0. The molecule has 1 aromatic rings. The molecule has 1 rings (SSSR count). The number of alkyl carbamates (subject to hydrolysis) is 1. The Labute approximate surface area is 194 Å². The van der Waals surface area contributed by atoms with Crippen LogP contribution in [0.15, 0.2) is 18.2 Å². The monoisotopic (exact) mass is 462 g/mol. The molecular formula is C23H34N4O6. The molecule has 0 radical (unpaired) electrons. The Balaban J connectivity index is 3.33. The lowest BCUT2D eigenvalue weighted by Crippen LogP contribution is -2.54. The van der Waals surface area contributed by atoms with Gasteiger partial charge >= 0.3 is 6.09 Å². The molecule has 0 bridgehead atoms. The van der Waals surface area contributed by atoms with Crippen molar-refractivity contribution in [2.24, 2.45) is 0 Å². The van der Waals surface area contributed by atoms with E-state index in [1.807, 2.05) is 13.0 Å². The minimum atomic E-state index is -1.43. The number of rotatable bonds is 10. The fourth-order valence-electron chi connectivity index (χ4n) is 3.01. The molecule has 2 unspecified atom stereocenters. The van der Waals surface area contributed by atoms with Crippen LogP contribution in [0.3, 0.4) is 0 Å². The molecule has 0 aliphatic rings. The molecule has 0 spiro atoms. The second kappa shape index (κ2) is 12.6. The van der Waals surface area contributed by atoms with E-state index < -0.39 is 48.7 Å². The summed E-state index contributed by atoms with van der Waals surface area (Å²) in [6.07, 6.45) is 0.645. The van der Waals surface area contributed by atoms with Crippen LogP contribution in [0.5, 0.6) is 5.75 Å². The number of ether oxygens (including phenoxy) is 1. The quantitative estimate of drug-likeness (QED) is 0.306. The lowest BCUT2D eigenvalue weighted by atomic mass is 10.0. The highest BCUT2D eigenvalue weighted by atomic mass is 16.6. The number of nitriles is 1. The van der Waals surface area contributed by atoms with Crippen LogP contribution in [0, 0.1) is 18.3 Å². The van der Waals surface area contributed by atoms with Crippen molar-refractivity contribution in [3.8, 4) is 11.8 Å². The van der Waals surface area contributed by atoms with Gasteiger partial charge in [0.05, 0.1) is 12.7 Å². The lowest BCUT2D eigenvalue weighted by molar-refractivity contribution is -0.142. The molecule has 0 aliphatic heterocycles. The standard InChI is InChI=1S/C23H34N4O6/c1-6-7-11-25-20(30)19(16-8-9-18(29)15(2)13-16)27(12-10-24)21(31)17(14-28)26-22(32)33-23(3,4)5/h8-9,13,17,19,28-29H,6-7,11-12,14H2,1-5H3,(H,25,30)(H,26,32). The first kappa shape index (κ1) is 27.7. The number of hydrogen-bond acceptors (Lipinski definition) is 7. The van der Waals surface area contributed by atoms with E-state index >= 15 is 0 Å². The average molecular weight is 463 g/mol. The van der Waals surface area contributed by atoms with Gasteiger partial charge in [0.2, 0.25) is 11.8 Å². The van der Waals surface area contributed by atoms with E-state index in [4.69, 9.17) is 4.74 Å². The van der Waals surface area contributed by atoms with Crippen molar-refractivity contribution in [1.82, 2.24) is 15.5 Å². The first-order valence-corrected chi connectivity index (χ1v) is 10.8. The molecule has 10 nitrogen and oxygen atoms in total. The highest BCUT2D eigenvalue weighted by Crippen LogP contribution is 2.27. The van der Waals surface area contributed by atoms with Crippen molar-refractivity contribution < 1.29 is 29.3 Å². The molecule has 0 saturated carbocycles. The van der Waals surface area contributed by atoms with E-state index in [-0.39, 0.29) is 5.75 Å². The van der Waals surface area contributed by atoms with Gasteiger partial charge in [-0.25, -0.2) is 4.79 Å². The molecule has 4 N–H and O–H groups in total. The fraction of sp³-hybridized carbons (Fsp3) is 0.565. The van der Waals surface area contributed by atoms with Crippen molar-refractivity contribution in [1.29, 1.82) is 5.26 Å².